The fraction of sp³-hybridized carbons (Fsp3) is 0.261. The van der Waals surface area contributed by atoms with E-state index in [2.05, 4.69) is 26.2 Å². The van der Waals surface area contributed by atoms with Crippen molar-refractivity contribution in [2.45, 2.75) is 18.9 Å². The highest BCUT2D eigenvalue weighted by Crippen LogP contribution is 2.21. The lowest BCUT2D eigenvalue weighted by Gasteiger charge is -2.11. The molecule has 7 nitrogen and oxygen atoms in total. The van der Waals surface area contributed by atoms with Gasteiger partial charge in [-0.2, -0.15) is 0 Å². The first-order valence-corrected chi connectivity index (χ1v) is 10.7. The van der Waals surface area contributed by atoms with Gasteiger partial charge in [0, 0.05) is 23.0 Å². The van der Waals surface area contributed by atoms with Crippen molar-refractivity contribution in [3.63, 3.8) is 0 Å². The van der Waals surface area contributed by atoms with Gasteiger partial charge in [0.1, 0.15) is 11.1 Å². The number of rotatable bonds is 5. The van der Waals surface area contributed by atoms with Crippen molar-refractivity contribution in [2.75, 3.05) is 20.3 Å². The van der Waals surface area contributed by atoms with Crippen LogP contribution >= 0.6 is 15.9 Å². The molecule has 1 amide bonds. The Kier molecular flexibility index (Phi) is 6.48. The molecule has 4 rings (SSSR count). The lowest BCUT2D eigenvalue weighted by atomic mass is 10.1. The number of nitrogens with one attached hydrogen (secondary N) is 1. The van der Waals surface area contributed by atoms with Crippen LogP contribution in [0.5, 0.6) is 0 Å². The molecule has 1 fully saturated rings. The average molecular weight is 485 g/mol. The number of carbonyl (C=O) groups excluding carboxylic acids is 2. The second-order valence-corrected chi connectivity index (χ2v) is 8.06. The van der Waals surface area contributed by atoms with Gasteiger partial charge in [-0.1, -0.05) is 22.0 Å². The van der Waals surface area contributed by atoms with Crippen LogP contribution < -0.4 is 10.9 Å². The Labute approximate surface area is 187 Å². The van der Waals surface area contributed by atoms with E-state index in [0.29, 0.717) is 28.9 Å². The summed E-state index contributed by atoms with van der Waals surface area (Å²) in [5.41, 5.74) is 1.87. The van der Waals surface area contributed by atoms with Crippen molar-refractivity contribution in [3.05, 3.63) is 69.7 Å². The molecule has 0 unspecified atom stereocenters. The minimum atomic E-state index is -0.466. The lowest BCUT2D eigenvalue weighted by Crippen LogP contribution is -2.34. The Morgan fingerprint density at radius 2 is 2.10 bits per heavy atom. The number of carbonyl (C=O) groups is 2. The molecule has 0 aliphatic carbocycles. The van der Waals surface area contributed by atoms with Gasteiger partial charge in [-0.15, -0.1) is 0 Å². The quantitative estimate of drug-likeness (QED) is 0.550. The van der Waals surface area contributed by atoms with Crippen molar-refractivity contribution in [1.29, 1.82) is 0 Å². The third-order valence-electron chi connectivity index (χ3n) is 4.97. The molecule has 1 N–H and O–H groups in total. The van der Waals surface area contributed by atoms with Gasteiger partial charge in [0.05, 0.1) is 24.5 Å². The summed E-state index contributed by atoms with van der Waals surface area (Å²) in [6.07, 6.45) is 1.94. The van der Waals surface area contributed by atoms with E-state index in [-0.39, 0.29) is 17.6 Å². The Morgan fingerprint density at radius 3 is 2.87 bits per heavy atom. The van der Waals surface area contributed by atoms with Crippen molar-refractivity contribution in [3.8, 4) is 0 Å². The largest absolute Gasteiger partial charge is 0.465 e. The summed E-state index contributed by atoms with van der Waals surface area (Å²) in [5.74, 6) is -0.768. The van der Waals surface area contributed by atoms with Gasteiger partial charge in [-0.05, 0) is 55.3 Å². The van der Waals surface area contributed by atoms with E-state index >= 15 is 0 Å². The maximum Gasteiger partial charge on any atom is 0.337 e. The Bertz CT molecular complexity index is 1200. The number of methoxy groups -OCH3 is 1. The van der Waals surface area contributed by atoms with Gasteiger partial charge in [-0.25, -0.2) is 9.79 Å². The summed E-state index contributed by atoms with van der Waals surface area (Å²) < 4.78 is 17.2. The zero-order chi connectivity index (χ0) is 21.8. The molecular formula is C23H21BrN2O5. The smallest absolute Gasteiger partial charge is 0.337 e. The van der Waals surface area contributed by atoms with E-state index in [0.717, 1.165) is 29.3 Å². The van der Waals surface area contributed by atoms with Crippen LogP contribution in [0.4, 0.5) is 5.69 Å². The van der Waals surface area contributed by atoms with E-state index in [1.54, 1.807) is 36.4 Å². The molecule has 1 aromatic heterocycles. The van der Waals surface area contributed by atoms with Crippen LogP contribution in [-0.2, 0) is 9.47 Å². The van der Waals surface area contributed by atoms with E-state index in [9.17, 15) is 9.59 Å². The van der Waals surface area contributed by atoms with Crippen LogP contribution in [0.3, 0.4) is 0 Å². The fourth-order valence-electron chi connectivity index (χ4n) is 3.39. The van der Waals surface area contributed by atoms with Gasteiger partial charge in [0.25, 0.3) is 5.91 Å². The van der Waals surface area contributed by atoms with E-state index in [1.165, 1.54) is 7.11 Å². The fourth-order valence-corrected chi connectivity index (χ4v) is 3.77. The third kappa shape index (κ3) is 5.03. The van der Waals surface area contributed by atoms with E-state index < -0.39 is 5.97 Å². The van der Waals surface area contributed by atoms with Crippen molar-refractivity contribution in [1.82, 2.24) is 5.32 Å². The molecule has 3 aromatic rings. The van der Waals surface area contributed by atoms with Crippen LogP contribution in [0.1, 0.15) is 33.6 Å². The summed E-state index contributed by atoms with van der Waals surface area (Å²) in [6.45, 7) is 1.14. The molecule has 0 spiro atoms. The second-order valence-electron chi connectivity index (χ2n) is 7.15. The number of halogens is 1. The summed E-state index contributed by atoms with van der Waals surface area (Å²) in [6, 6.07) is 13.9. The maximum absolute atomic E-state index is 13.0. The van der Waals surface area contributed by atoms with Gasteiger partial charge in [0.2, 0.25) is 5.55 Å². The first kappa shape index (κ1) is 21.3. The molecule has 1 saturated heterocycles. The molecule has 1 aliphatic rings. The summed E-state index contributed by atoms with van der Waals surface area (Å²) in [4.78, 5) is 29.3. The highest BCUT2D eigenvalue weighted by atomic mass is 79.9. The highest BCUT2D eigenvalue weighted by Gasteiger charge is 2.19. The number of hydrogen-bond acceptors (Lipinski definition) is 6. The van der Waals surface area contributed by atoms with Crippen LogP contribution in [0.15, 0.2) is 62.4 Å². The van der Waals surface area contributed by atoms with Crippen LogP contribution in [0, 0.1) is 0 Å². The Balaban J connectivity index is 1.76. The number of nitrogens with zero attached hydrogens (tertiary/aromatic N) is 1. The number of amides is 1. The number of esters is 1. The number of ether oxygens (including phenoxy) is 2. The molecule has 0 radical (unpaired) electrons. The molecule has 160 valence electrons. The minimum Gasteiger partial charge on any atom is -0.465 e. The highest BCUT2D eigenvalue weighted by molar-refractivity contribution is 9.10. The molecule has 31 heavy (non-hydrogen) atoms. The van der Waals surface area contributed by atoms with Gasteiger partial charge in [0.15, 0.2) is 0 Å². The zero-order valence-corrected chi connectivity index (χ0v) is 18.5. The predicted molar refractivity (Wildman–Crippen MR) is 118 cm³/mol. The third-order valence-corrected chi connectivity index (χ3v) is 5.46. The predicted octanol–water partition coefficient (Wildman–Crippen LogP) is 4.12. The van der Waals surface area contributed by atoms with E-state index in [4.69, 9.17) is 13.9 Å². The molecule has 0 bridgehead atoms. The molecule has 2 aromatic carbocycles. The van der Waals surface area contributed by atoms with Gasteiger partial charge < -0.3 is 19.2 Å². The minimum absolute atomic E-state index is 0.0209. The molecule has 1 aliphatic heterocycles. The normalized spacial score (nSPS) is 16.5. The molecule has 8 heteroatoms. The molecule has 2 heterocycles. The Morgan fingerprint density at radius 1 is 1.23 bits per heavy atom. The van der Waals surface area contributed by atoms with Crippen molar-refractivity contribution in [2.24, 2.45) is 4.99 Å². The lowest BCUT2D eigenvalue weighted by molar-refractivity contribution is 0.0600. The SMILES string of the molecule is COC(=O)c1cccc(N=c2oc3ccc(Br)cc3cc2C(=O)NC[C@@H]2CCCO2)c1. The second kappa shape index (κ2) is 9.45. The van der Waals surface area contributed by atoms with Gasteiger partial charge in [-0.3, -0.25) is 4.79 Å². The Hall–Kier alpha value is -2.97. The van der Waals surface area contributed by atoms with Crippen LogP contribution in [0.2, 0.25) is 0 Å². The molecule has 0 saturated carbocycles. The summed E-state index contributed by atoms with van der Waals surface area (Å²) >= 11 is 3.44. The van der Waals surface area contributed by atoms with Crippen LogP contribution in [-0.4, -0.2) is 38.2 Å². The monoisotopic (exact) mass is 484 g/mol. The zero-order valence-electron chi connectivity index (χ0n) is 16.9. The summed E-state index contributed by atoms with van der Waals surface area (Å²) in [5, 5.41) is 3.68. The van der Waals surface area contributed by atoms with Crippen molar-refractivity contribution >= 4 is 44.5 Å². The first-order chi connectivity index (χ1) is 15.0. The number of hydrogen-bond donors (Lipinski definition) is 1. The summed E-state index contributed by atoms with van der Waals surface area (Å²) in [7, 11) is 1.32. The maximum atomic E-state index is 13.0. The van der Waals surface area contributed by atoms with Gasteiger partial charge >= 0.3 is 5.97 Å². The molecule has 1 atom stereocenters. The number of fused-ring (bicyclic) bond motifs is 1. The van der Waals surface area contributed by atoms with E-state index in [1.807, 2.05) is 12.1 Å². The number of benzene rings is 2. The average Bonchev–Trinajstić information content (AvgIpc) is 3.30. The topological polar surface area (TPSA) is 90.1 Å². The first-order valence-electron chi connectivity index (χ1n) is 9.90. The van der Waals surface area contributed by atoms with Crippen molar-refractivity contribution < 1.29 is 23.5 Å². The standard InChI is InChI=1S/C23H21BrN2O5/c1-29-23(28)14-4-2-5-17(11-14)26-22-19(21(27)25-13-18-6-3-9-30-18)12-15-10-16(24)7-8-20(15)31-22/h2,4-5,7-8,10-12,18H,3,6,9,13H2,1H3,(H,25,27)/t18-/m0/s1. The molecular weight excluding hydrogens is 464 g/mol. The van der Waals surface area contributed by atoms with Crippen LogP contribution in [0.25, 0.3) is 11.0 Å².